The van der Waals surface area contributed by atoms with E-state index in [2.05, 4.69) is 48.6 Å². The first-order chi connectivity index (χ1) is 8.85. The molecule has 0 aromatic heterocycles. The molecule has 1 aromatic carbocycles. The molecule has 2 nitrogen and oxygen atoms in total. The van der Waals surface area contributed by atoms with Crippen molar-refractivity contribution < 1.29 is 0 Å². The van der Waals surface area contributed by atoms with Gasteiger partial charge >= 0.3 is 0 Å². The molecule has 0 spiro atoms. The van der Waals surface area contributed by atoms with E-state index in [0.29, 0.717) is 12.1 Å². The number of nitrogens with zero attached hydrogens (tertiary/aromatic N) is 1. The Labute approximate surface area is 110 Å². The summed E-state index contributed by atoms with van der Waals surface area (Å²) in [5, 5.41) is 12.9. The van der Waals surface area contributed by atoms with Crippen LogP contribution in [0.25, 0.3) is 0 Å². The zero-order valence-electron chi connectivity index (χ0n) is 11.1. The third-order valence-electron chi connectivity index (χ3n) is 3.88. The molecule has 18 heavy (non-hydrogen) atoms. The monoisotopic (exact) mass is 242 g/mol. The van der Waals surface area contributed by atoms with Crippen LogP contribution in [0, 0.1) is 17.2 Å². The minimum Gasteiger partial charge on any atom is -0.306 e. The van der Waals surface area contributed by atoms with E-state index >= 15 is 0 Å². The van der Waals surface area contributed by atoms with Gasteiger partial charge in [-0.2, -0.15) is 5.26 Å². The second kappa shape index (κ2) is 6.56. The second-order valence-electron chi connectivity index (χ2n) is 5.19. The van der Waals surface area contributed by atoms with Crippen LogP contribution in [0.15, 0.2) is 30.3 Å². The van der Waals surface area contributed by atoms with E-state index in [-0.39, 0.29) is 5.92 Å². The Morgan fingerprint density at radius 2 is 2.11 bits per heavy atom. The van der Waals surface area contributed by atoms with Gasteiger partial charge < -0.3 is 5.32 Å². The maximum absolute atomic E-state index is 9.16. The zero-order valence-corrected chi connectivity index (χ0v) is 11.1. The molecule has 1 N–H and O–H groups in total. The van der Waals surface area contributed by atoms with E-state index in [1.807, 2.05) is 0 Å². The third-order valence-corrected chi connectivity index (χ3v) is 3.88. The fourth-order valence-electron chi connectivity index (χ4n) is 2.89. The van der Waals surface area contributed by atoms with Crippen molar-refractivity contribution >= 4 is 0 Å². The van der Waals surface area contributed by atoms with Gasteiger partial charge in [-0.3, -0.25) is 0 Å². The Hall–Kier alpha value is -1.33. The summed E-state index contributed by atoms with van der Waals surface area (Å²) in [7, 11) is 0. The van der Waals surface area contributed by atoms with E-state index in [9.17, 15) is 0 Å². The van der Waals surface area contributed by atoms with E-state index in [0.717, 1.165) is 25.7 Å². The summed E-state index contributed by atoms with van der Waals surface area (Å²) in [6.07, 6.45) is 5.69. The zero-order chi connectivity index (χ0) is 12.8. The van der Waals surface area contributed by atoms with Gasteiger partial charge in [-0.1, -0.05) is 50.1 Å². The number of hydrogen-bond acceptors (Lipinski definition) is 2. The normalized spacial score (nSPS) is 24.7. The molecule has 3 atom stereocenters. The summed E-state index contributed by atoms with van der Waals surface area (Å²) in [4.78, 5) is 0. The lowest BCUT2D eigenvalue weighted by molar-refractivity contribution is 0.384. The van der Waals surface area contributed by atoms with Gasteiger partial charge in [0.05, 0.1) is 12.0 Å². The number of nitrogens with one attached hydrogen (secondary N) is 1. The van der Waals surface area contributed by atoms with Crippen molar-refractivity contribution in [3.8, 4) is 6.07 Å². The van der Waals surface area contributed by atoms with Crippen LogP contribution in [0.1, 0.15) is 50.6 Å². The number of rotatable bonds is 5. The maximum atomic E-state index is 9.16. The van der Waals surface area contributed by atoms with Crippen LogP contribution >= 0.6 is 0 Å². The average molecular weight is 242 g/mol. The van der Waals surface area contributed by atoms with Crippen LogP contribution in [0.5, 0.6) is 0 Å². The van der Waals surface area contributed by atoms with Gasteiger partial charge in [0.2, 0.25) is 0 Å². The van der Waals surface area contributed by atoms with E-state index in [1.165, 1.54) is 12.0 Å². The summed E-state index contributed by atoms with van der Waals surface area (Å²) in [5.74, 6) is 0.202. The van der Waals surface area contributed by atoms with Crippen molar-refractivity contribution in [2.24, 2.45) is 5.92 Å². The van der Waals surface area contributed by atoms with Gasteiger partial charge in [0.1, 0.15) is 0 Å². The van der Waals surface area contributed by atoms with Gasteiger partial charge in [-0.05, 0) is 24.8 Å². The fourth-order valence-corrected chi connectivity index (χ4v) is 2.89. The van der Waals surface area contributed by atoms with Crippen molar-refractivity contribution in [1.29, 1.82) is 5.26 Å². The van der Waals surface area contributed by atoms with Crippen molar-refractivity contribution in [1.82, 2.24) is 5.32 Å². The Balaban J connectivity index is 2.05. The minimum atomic E-state index is 0.202. The summed E-state index contributed by atoms with van der Waals surface area (Å²) in [5.41, 5.74) is 1.35. The Bertz CT molecular complexity index is 393. The van der Waals surface area contributed by atoms with Crippen LogP contribution in [0.4, 0.5) is 0 Å². The van der Waals surface area contributed by atoms with Crippen LogP contribution < -0.4 is 5.32 Å². The molecule has 2 rings (SSSR count). The number of nitriles is 1. The summed E-state index contributed by atoms with van der Waals surface area (Å²) in [6.45, 7) is 2.22. The first-order valence-electron chi connectivity index (χ1n) is 7.05. The highest BCUT2D eigenvalue weighted by Gasteiger charge is 2.28. The first kappa shape index (κ1) is 13.1. The number of hydrogen-bond donors (Lipinski definition) is 1. The highest BCUT2D eigenvalue weighted by molar-refractivity contribution is 5.19. The summed E-state index contributed by atoms with van der Waals surface area (Å²) >= 11 is 0. The largest absolute Gasteiger partial charge is 0.306 e. The average Bonchev–Trinajstić information content (AvgIpc) is 2.86. The van der Waals surface area contributed by atoms with Crippen LogP contribution in [0.2, 0.25) is 0 Å². The van der Waals surface area contributed by atoms with Crippen LogP contribution in [0.3, 0.4) is 0 Å². The molecule has 1 aromatic rings. The minimum absolute atomic E-state index is 0.202. The second-order valence-corrected chi connectivity index (χ2v) is 5.19. The van der Waals surface area contributed by atoms with Crippen LogP contribution in [-0.2, 0) is 0 Å². The predicted molar refractivity (Wildman–Crippen MR) is 74.0 cm³/mol. The van der Waals surface area contributed by atoms with Crippen LogP contribution in [-0.4, -0.2) is 6.04 Å². The third kappa shape index (κ3) is 3.11. The molecule has 0 heterocycles. The molecular formula is C16H22N2. The molecule has 0 radical (unpaired) electrons. The molecule has 3 unspecified atom stereocenters. The molecule has 1 aliphatic carbocycles. The molecule has 0 saturated heterocycles. The van der Waals surface area contributed by atoms with Crippen molar-refractivity contribution in [3.05, 3.63) is 35.9 Å². The standard InChI is InChI=1S/C16H22N2/c1-2-7-15(13-8-4-3-5-9-13)18-16-11-6-10-14(16)12-17/h3-5,8-9,14-16,18H,2,6-7,10-11H2,1H3. The van der Waals surface area contributed by atoms with Gasteiger partial charge in [0.15, 0.2) is 0 Å². The fraction of sp³-hybridized carbons (Fsp3) is 0.562. The smallest absolute Gasteiger partial charge is 0.0672 e. The van der Waals surface area contributed by atoms with Gasteiger partial charge in [-0.25, -0.2) is 0 Å². The lowest BCUT2D eigenvalue weighted by Crippen LogP contribution is -2.35. The van der Waals surface area contributed by atoms with Gasteiger partial charge in [0, 0.05) is 12.1 Å². The van der Waals surface area contributed by atoms with E-state index in [1.54, 1.807) is 0 Å². The Kier molecular flexibility index (Phi) is 4.78. The quantitative estimate of drug-likeness (QED) is 0.852. The Morgan fingerprint density at radius 1 is 1.33 bits per heavy atom. The maximum Gasteiger partial charge on any atom is 0.0672 e. The molecule has 1 saturated carbocycles. The molecule has 1 aliphatic rings. The first-order valence-corrected chi connectivity index (χ1v) is 7.05. The van der Waals surface area contributed by atoms with Gasteiger partial charge in [-0.15, -0.1) is 0 Å². The highest BCUT2D eigenvalue weighted by Crippen LogP contribution is 2.28. The van der Waals surface area contributed by atoms with Crippen molar-refractivity contribution in [2.45, 2.75) is 51.1 Å². The molecule has 0 bridgehead atoms. The highest BCUT2D eigenvalue weighted by atomic mass is 15.0. The molecule has 1 fully saturated rings. The van der Waals surface area contributed by atoms with Crippen molar-refractivity contribution in [2.75, 3.05) is 0 Å². The van der Waals surface area contributed by atoms with Crippen molar-refractivity contribution in [3.63, 3.8) is 0 Å². The van der Waals surface area contributed by atoms with E-state index < -0.39 is 0 Å². The molecule has 0 amide bonds. The summed E-state index contributed by atoms with van der Waals surface area (Å²) in [6, 6.07) is 13.8. The van der Waals surface area contributed by atoms with E-state index in [4.69, 9.17) is 5.26 Å². The van der Waals surface area contributed by atoms with Gasteiger partial charge in [0.25, 0.3) is 0 Å². The number of benzene rings is 1. The lowest BCUT2D eigenvalue weighted by atomic mass is 9.98. The topological polar surface area (TPSA) is 35.8 Å². The summed E-state index contributed by atoms with van der Waals surface area (Å²) < 4.78 is 0. The molecule has 96 valence electrons. The predicted octanol–water partition coefficient (Wildman–Crippen LogP) is 3.81. The molecular weight excluding hydrogens is 220 g/mol. The Morgan fingerprint density at radius 3 is 2.78 bits per heavy atom. The SMILES string of the molecule is CCCC(NC1CCCC1C#N)c1ccccc1. The lowest BCUT2D eigenvalue weighted by Gasteiger charge is -2.25. The molecule has 0 aliphatic heterocycles. The molecule has 2 heteroatoms.